The minimum atomic E-state index is -0.867. The summed E-state index contributed by atoms with van der Waals surface area (Å²) in [6, 6.07) is 23.7. The van der Waals surface area contributed by atoms with Gasteiger partial charge in [-0.25, -0.2) is 0 Å². The molecule has 0 unspecified atom stereocenters. The highest BCUT2D eigenvalue weighted by atomic mass is 16.2. The lowest BCUT2D eigenvalue weighted by Crippen LogP contribution is -2.55. The SMILES string of the molecule is CC(C)[C@@H]1CC[C@@H](C)CC(=O)N[C@H](Cc2c[nH]c3ccccc23)C(=O)N2C[C@H](NC(=O)Cc3ccc(-c4ccccc4)cc3)C[C@H]2C(=O)N1. The maximum Gasteiger partial charge on any atom is 0.246 e. The zero-order chi connectivity index (χ0) is 34.5. The van der Waals surface area contributed by atoms with Gasteiger partial charge in [0.15, 0.2) is 0 Å². The summed E-state index contributed by atoms with van der Waals surface area (Å²) in [5.41, 5.74) is 4.92. The zero-order valence-corrected chi connectivity index (χ0v) is 28.6. The molecule has 0 radical (unpaired) electrons. The number of H-pyrrole nitrogens is 1. The number of nitrogens with zero attached hydrogens (tertiary/aromatic N) is 1. The lowest BCUT2D eigenvalue weighted by atomic mass is 9.92. The fraction of sp³-hybridized carbons (Fsp3) is 0.400. The molecule has 3 heterocycles. The monoisotopic (exact) mass is 661 g/mol. The van der Waals surface area contributed by atoms with Gasteiger partial charge in [0, 0.05) is 48.6 Å². The topological polar surface area (TPSA) is 123 Å². The molecule has 3 aromatic carbocycles. The van der Waals surface area contributed by atoms with Crippen LogP contribution in [0.1, 0.15) is 57.6 Å². The van der Waals surface area contributed by atoms with E-state index >= 15 is 0 Å². The summed E-state index contributed by atoms with van der Waals surface area (Å²) in [7, 11) is 0. The third-order valence-electron chi connectivity index (χ3n) is 10.0. The number of aromatic amines is 1. The van der Waals surface area contributed by atoms with E-state index in [-0.39, 0.29) is 60.9 Å². The molecule has 256 valence electrons. The summed E-state index contributed by atoms with van der Waals surface area (Å²) in [6.45, 7) is 6.37. The van der Waals surface area contributed by atoms with Crippen LogP contribution in [0.25, 0.3) is 22.0 Å². The maximum atomic E-state index is 14.5. The van der Waals surface area contributed by atoms with E-state index < -0.39 is 18.1 Å². The van der Waals surface area contributed by atoms with Gasteiger partial charge in [0.25, 0.3) is 0 Å². The molecule has 6 rings (SSSR count). The Morgan fingerprint density at radius 2 is 1.61 bits per heavy atom. The first kappa shape index (κ1) is 34.0. The number of amides is 4. The molecule has 0 aliphatic carbocycles. The summed E-state index contributed by atoms with van der Waals surface area (Å²) >= 11 is 0. The summed E-state index contributed by atoms with van der Waals surface area (Å²) in [6.07, 6.45) is 4.44. The highest BCUT2D eigenvalue weighted by molar-refractivity contribution is 5.94. The Kier molecular flexibility index (Phi) is 10.5. The average molecular weight is 662 g/mol. The van der Waals surface area contributed by atoms with Gasteiger partial charge in [-0.05, 0) is 59.4 Å². The van der Waals surface area contributed by atoms with Crippen molar-refractivity contribution in [1.29, 1.82) is 0 Å². The van der Waals surface area contributed by atoms with Crippen molar-refractivity contribution < 1.29 is 19.2 Å². The van der Waals surface area contributed by atoms with Crippen molar-refractivity contribution in [3.05, 3.63) is 96.2 Å². The van der Waals surface area contributed by atoms with Gasteiger partial charge >= 0.3 is 0 Å². The Bertz CT molecular complexity index is 1780. The number of carbonyl (C=O) groups excluding carboxylic acids is 4. The average Bonchev–Trinajstić information content (AvgIpc) is 3.70. The number of aromatic nitrogens is 1. The lowest BCUT2D eigenvalue weighted by molar-refractivity contribution is -0.141. The molecule has 4 aromatic rings. The van der Waals surface area contributed by atoms with E-state index in [1.54, 1.807) is 4.90 Å². The van der Waals surface area contributed by atoms with E-state index in [4.69, 9.17) is 0 Å². The van der Waals surface area contributed by atoms with Crippen LogP contribution in [-0.2, 0) is 32.0 Å². The Balaban J connectivity index is 1.22. The first-order valence-electron chi connectivity index (χ1n) is 17.5. The van der Waals surface area contributed by atoms with Crippen molar-refractivity contribution in [2.45, 2.75) is 83.5 Å². The van der Waals surface area contributed by atoms with Crippen molar-refractivity contribution in [3.63, 3.8) is 0 Å². The number of nitrogens with one attached hydrogen (secondary N) is 4. The van der Waals surface area contributed by atoms with Crippen LogP contribution >= 0.6 is 0 Å². The Hall–Kier alpha value is -4.92. The smallest absolute Gasteiger partial charge is 0.246 e. The summed E-state index contributed by atoms with van der Waals surface area (Å²) in [5.74, 6) is -0.609. The van der Waals surface area contributed by atoms with Crippen molar-refractivity contribution in [1.82, 2.24) is 25.8 Å². The van der Waals surface area contributed by atoms with Crippen molar-refractivity contribution >= 4 is 34.5 Å². The van der Waals surface area contributed by atoms with Crippen LogP contribution in [0, 0.1) is 11.8 Å². The molecule has 1 aromatic heterocycles. The molecule has 2 saturated heterocycles. The first-order chi connectivity index (χ1) is 23.6. The second-order valence-electron chi connectivity index (χ2n) is 14.2. The Labute approximate surface area is 288 Å². The van der Waals surface area contributed by atoms with E-state index in [1.807, 2.05) is 92.0 Å². The van der Waals surface area contributed by atoms with Gasteiger partial charge in [0.2, 0.25) is 23.6 Å². The lowest BCUT2D eigenvalue weighted by Gasteiger charge is -2.30. The molecule has 49 heavy (non-hydrogen) atoms. The van der Waals surface area contributed by atoms with Crippen LogP contribution in [0.15, 0.2) is 85.1 Å². The molecule has 0 spiro atoms. The van der Waals surface area contributed by atoms with Crippen LogP contribution in [0.5, 0.6) is 0 Å². The van der Waals surface area contributed by atoms with Crippen molar-refractivity contribution in [2.24, 2.45) is 11.8 Å². The largest absolute Gasteiger partial charge is 0.361 e. The minimum Gasteiger partial charge on any atom is -0.361 e. The fourth-order valence-electron chi connectivity index (χ4n) is 7.25. The predicted molar refractivity (Wildman–Crippen MR) is 191 cm³/mol. The van der Waals surface area contributed by atoms with Gasteiger partial charge in [0.1, 0.15) is 12.1 Å². The van der Waals surface area contributed by atoms with E-state index in [0.717, 1.165) is 46.0 Å². The van der Waals surface area contributed by atoms with E-state index in [9.17, 15) is 19.2 Å². The molecule has 2 aliphatic heterocycles. The second-order valence-corrected chi connectivity index (χ2v) is 14.2. The third kappa shape index (κ3) is 8.21. The van der Waals surface area contributed by atoms with Crippen LogP contribution in [0.3, 0.4) is 0 Å². The van der Waals surface area contributed by atoms with Crippen LogP contribution in [0.2, 0.25) is 0 Å². The van der Waals surface area contributed by atoms with E-state index in [0.29, 0.717) is 12.8 Å². The van der Waals surface area contributed by atoms with Gasteiger partial charge in [-0.15, -0.1) is 0 Å². The van der Waals surface area contributed by atoms with Gasteiger partial charge < -0.3 is 25.8 Å². The second kappa shape index (κ2) is 15.1. The first-order valence-corrected chi connectivity index (χ1v) is 17.5. The molecule has 0 bridgehead atoms. The summed E-state index contributed by atoms with van der Waals surface area (Å²) in [4.78, 5) is 59.9. The molecular formula is C40H47N5O4. The van der Waals surface area contributed by atoms with Gasteiger partial charge in [-0.1, -0.05) is 93.6 Å². The summed E-state index contributed by atoms with van der Waals surface area (Å²) < 4.78 is 0. The third-order valence-corrected chi connectivity index (χ3v) is 10.0. The predicted octanol–water partition coefficient (Wildman–Crippen LogP) is 5.15. The normalized spacial score (nSPS) is 23.6. The molecule has 4 N–H and O–H groups in total. The number of hydrogen-bond acceptors (Lipinski definition) is 4. The Morgan fingerprint density at radius 1 is 0.898 bits per heavy atom. The number of fused-ring (bicyclic) bond motifs is 2. The van der Waals surface area contributed by atoms with Crippen LogP contribution in [-0.4, -0.2) is 64.2 Å². The number of hydrogen-bond donors (Lipinski definition) is 4. The van der Waals surface area contributed by atoms with Crippen LogP contribution < -0.4 is 16.0 Å². The number of carbonyl (C=O) groups is 4. The molecular weight excluding hydrogens is 614 g/mol. The standard InChI is InChI=1S/C40H47N5O4/c1-25(2)33-18-13-26(3)19-37(46)43-35(21-30-23-41-34-12-8-7-11-32(30)34)40(49)45-24-31(22-36(45)39(48)44-33)42-38(47)20-27-14-16-29(17-15-27)28-9-5-4-6-10-28/h4-12,14-17,23,25-26,31,33,35-36,41H,13,18-22,24H2,1-3H3,(H,42,47)(H,43,46)(H,44,48)/t26-,31-,33+,35-,36+/m1/s1. The molecule has 9 heteroatoms. The molecule has 4 amide bonds. The van der Waals surface area contributed by atoms with Gasteiger partial charge in [0.05, 0.1) is 6.42 Å². The molecule has 2 aliphatic rings. The molecule has 2 fully saturated rings. The highest BCUT2D eigenvalue weighted by Crippen LogP contribution is 2.26. The fourth-order valence-corrected chi connectivity index (χ4v) is 7.25. The molecule has 5 atom stereocenters. The van der Waals surface area contributed by atoms with Crippen molar-refractivity contribution in [2.75, 3.05) is 6.54 Å². The summed E-state index contributed by atoms with van der Waals surface area (Å²) in [5, 5.41) is 10.4. The number of rotatable bonds is 7. The number of para-hydroxylation sites is 1. The molecule has 9 nitrogen and oxygen atoms in total. The number of benzene rings is 3. The highest BCUT2D eigenvalue weighted by Gasteiger charge is 2.43. The quantitative estimate of drug-likeness (QED) is 0.219. The van der Waals surface area contributed by atoms with E-state index in [1.165, 1.54) is 0 Å². The van der Waals surface area contributed by atoms with Gasteiger partial charge in [-0.3, -0.25) is 19.2 Å². The van der Waals surface area contributed by atoms with E-state index in [2.05, 4.69) is 34.8 Å². The van der Waals surface area contributed by atoms with Crippen molar-refractivity contribution in [3.8, 4) is 11.1 Å². The van der Waals surface area contributed by atoms with Crippen LogP contribution in [0.4, 0.5) is 0 Å². The van der Waals surface area contributed by atoms with Gasteiger partial charge in [-0.2, -0.15) is 0 Å². The minimum absolute atomic E-state index is 0.0924. The zero-order valence-electron chi connectivity index (χ0n) is 28.6. The molecule has 0 saturated carbocycles. The maximum absolute atomic E-state index is 14.5. The Morgan fingerprint density at radius 3 is 2.37 bits per heavy atom.